The van der Waals surface area contributed by atoms with E-state index in [-0.39, 0.29) is 6.04 Å². The molecule has 2 atom stereocenters. The number of anilines is 1. The molecule has 0 bridgehead atoms. The number of ether oxygens (including phenoxy) is 2. The number of hydrogen-bond acceptors (Lipinski definition) is 5. The molecule has 3 aromatic rings. The van der Waals surface area contributed by atoms with Gasteiger partial charge in [0.05, 0.1) is 18.0 Å². The van der Waals surface area contributed by atoms with Gasteiger partial charge < -0.3 is 19.8 Å². The van der Waals surface area contributed by atoms with Crippen LogP contribution in [0.5, 0.6) is 5.75 Å². The van der Waals surface area contributed by atoms with Gasteiger partial charge in [0, 0.05) is 30.4 Å². The number of nitrogens with zero attached hydrogens (tertiary/aromatic N) is 2. The molecule has 1 saturated heterocycles. The van der Waals surface area contributed by atoms with Crippen LogP contribution < -0.4 is 10.1 Å². The number of benzene rings is 1. The van der Waals surface area contributed by atoms with Crippen LogP contribution in [0.25, 0.3) is 11.0 Å². The summed E-state index contributed by atoms with van der Waals surface area (Å²) in [6, 6.07) is 10.8. The Balaban J connectivity index is 1.38. The van der Waals surface area contributed by atoms with Gasteiger partial charge in [-0.3, -0.25) is 0 Å². The van der Waals surface area contributed by atoms with Crippen molar-refractivity contribution in [1.29, 1.82) is 0 Å². The lowest BCUT2D eigenvalue weighted by atomic mass is 9.77. The zero-order valence-electron chi connectivity index (χ0n) is 16.4. The third kappa shape index (κ3) is 3.15. The number of para-hydroxylation sites is 1. The van der Waals surface area contributed by atoms with Crippen molar-refractivity contribution in [1.82, 2.24) is 15.0 Å². The molecule has 0 amide bonds. The predicted molar refractivity (Wildman–Crippen MR) is 111 cm³/mol. The minimum absolute atomic E-state index is 0.167. The van der Waals surface area contributed by atoms with Crippen LogP contribution in [-0.2, 0) is 4.74 Å². The Morgan fingerprint density at radius 1 is 1.03 bits per heavy atom. The quantitative estimate of drug-likeness (QED) is 0.690. The van der Waals surface area contributed by atoms with Crippen LogP contribution in [0.2, 0.25) is 0 Å². The molecule has 1 saturated carbocycles. The molecule has 150 valence electrons. The number of hydrogen-bond donors (Lipinski definition) is 2. The Bertz CT molecular complexity index is 1020. The SMILES string of the molecule is c1ccc2c(c1)OCC(C1CCOCC1)[C@@H]2Nc1ncnc2[nH]c(C3CC3)cc12. The molecule has 1 unspecified atom stereocenters. The molecule has 2 N–H and O–H groups in total. The van der Waals surface area contributed by atoms with Crippen molar-refractivity contribution in [2.45, 2.75) is 37.6 Å². The second-order valence-electron chi connectivity index (χ2n) is 8.57. The average molecular weight is 390 g/mol. The maximum atomic E-state index is 6.17. The third-order valence-electron chi connectivity index (χ3n) is 6.74. The van der Waals surface area contributed by atoms with Crippen molar-refractivity contribution in [3.63, 3.8) is 0 Å². The Labute approximate surface area is 170 Å². The van der Waals surface area contributed by atoms with E-state index in [9.17, 15) is 0 Å². The normalized spacial score (nSPS) is 24.8. The number of aromatic nitrogens is 3. The fraction of sp³-hybridized carbons (Fsp3) is 0.478. The topological polar surface area (TPSA) is 72.1 Å². The molecule has 2 fully saturated rings. The summed E-state index contributed by atoms with van der Waals surface area (Å²) in [6.07, 6.45) is 6.37. The molecule has 4 heterocycles. The van der Waals surface area contributed by atoms with Crippen LogP contribution in [0.3, 0.4) is 0 Å². The molecule has 1 aliphatic carbocycles. The van der Waals surface area contributed by atoms with Crippen LogP contribution in [0.4, 0.5) is 5.82 Å². The summed E-state index contributed by atoms with van der Waals surface area (Å²) in [5.74, 6) is 3.53. The lowest BCUT2D eigenvalue weighted by molar-refractivity contribution is 0.0264. The molecule has 6 heteroatoms. The average Bonchev–Trinajstić information content (AvgIpc) is 3.53. The Hall–Kier alpha value is -2.60. The van der Waals surface area contributed by atoms with E-state index in [1.54, 1.807) is 6.33 Å². The minimum atomic E-state index is 0.167. The molecule has 0 spiro atoms. The minimum Gasteiger partial charge on any atom is -0.493 e. The van der Waals surface area contributed by atoms with Crippen molar-refractivity contribution >= 4 is 16.9 Å². The Morgan fingerprint density at radius 2 is 1.90 bits per heavy atom. The highest BCUT2D eigenvalue weighted by atomic mass is 16.5. The van der Waals surface area contributed by atoms with Gasteiger partial charge in [-0.05, 0) is 49.7 Å². The summed E-state index contributed by atoms with van der Waals surface area (Å²) in [5, 5.41) is 4.90. The summed E-state index contributed by atoms with van der Waals surface area (Å²) in [6.45, 7) is 2.42. The zero-order chi connectivity index (χ0) is 19.2. The first kappa shape index (κ1) is 17.3. The maximum Gasteiger partial charge on any atom is 0.143 e. The van der Waals surface area contributed by atoms with Crippen LogP contribution in [0, 0.1) is 11.8 Å². The standard InChI is InChI=1S/C23H26N4O2/c1-2-4-20-16(3-1)21(18(12-29-20)14-7-9-28-10-8-14)27-23-17-11-19(15-5-6-15)26-22(17)24-13-25-23/h1-4,11,13-15,18,21H,5-10,12H2,(H2,24,25,26,27)/t18?,21-/m1/s1. The first-order valence-electron chi connectivity index (χ1n) is 10.8. The van der Waals surface area contributed by atoms with Crippen molar-refractivity contribution < 1.29 is 9.47 Å². The van der Waals surface area contributed by atoms with Gasteiger partial charge in [-0.25, -0.2) is 9.97 Å². The van der Waals surface area contributed by atoms with Gasteiger partial charge >= 0.3 is 0 Å². The second kappa shape index (κ2) is 7.02. The van der Waals surface area contributed by atoms with Gasteiger partial charge in [-0.15, -0.1) is 0 Å². The number of fused-ring (bicyclic) bond motifs is 2. The summed E-state index contributed by atoms with van der Waals surface area (Å²) in [4.78, 5) is 12.6. The van der Waals surface area contributed by atoms with Crippen molar-refractivity contribution in [3.05, 3.63) is 47.9 Å². The van der Waals surface area contributed by atoms with Crippen LogP contribution in [0.15, 0.2) is 36.7 Å². The van der Waals surface area contributed by atoms with Gasteiger partial charge in [0.15, 0.2) is 0 Å². The highest BCUT2D eigenvalue weighted by Gasteiger charge is 2.37. The Morgan fingerprint density at radius 3 is 2.76 bits per heavy atom. The number of H-pyrrole nitrogens is 1. The molecular formula is C23H26N4O2. The van der Waals surface area contributed by atoms with E-state index in [2.05, 4.69) is 44.5 Å². The van der Waals surface area contributed by atoms with E-state index in [4.69, 9.17) is 9.47 Å². The van der Waals surface area contributed by atoms with Gasteiger partial charge in [0.25, 0.3) is 0 Å². The molecule has 29 heavy (non-hydrogen) atoms. The van der Waals surface area contributed by atoms with E-state index in [1.807, 2.05) is 6.07 Å². The van der Waals surface area contributed by atoms with Gasteiger partial charge in [-0.2, -0.15) is 0 Å². The number of aromatic amines is 1. The van der Waals surface area contributed by atoms with Crippen LogP contribution >= 0.6 is 0 Å². The molecule has 0 radical (unpaired) electrons. The highest BCUT2D eigenvalue weighted by molar-refractivity contribution is 5.88. The van der Waals surface area contributed by atoms with Crippen molar-refractivity contribution in [3.8, 4) is 5.75 Å². The second-order valence-corrected chi connectivity index (χ2v) is 8.57. The van der Waals surface area contributed by atoms with Gasteiger partial charge in [0.1, 0.15) is 23.5 Å². The van der Waals surface area contributed by atoms with Crippen molar-refractivity contribution in [2.75, 3.05) is 25.1 Å². The largest absolute Gasteiger partial charge is 0.493 e. The molecule has 1 aromatic carbocycles. The number of rotatable bonds is 4. The summed E-state index contributed by atoms with van der Waals surface area (Å²) in [5.41, 5.74) is 3.43. The van der Waals surface area contributed by atoms with Crippen molar-refractivity contribution in [2.24, 2.45) is 11.8 Å². The van der Waals surface area contributed by atoms with E-state index in [1.165, 1.54) is 24.1 Å². The maximum absolute atomic E-state index is 6.17. The summed E-state index contributed by atoms with van der Waals surface area (Å²) in [7, 11) is 0. The van der Waals surface area contributed by atoms with E-state index in [0.717, 1.165) is 55.3 Å². The molecule has 2 aliphatic heterocycles. The number of nitrogens with one attached hydrogen (secondary N) is 2. The summed E-state index contributed by atoms with van der Waals surface area (Å²) < 4.78 is 11.8. The molecular weight excluding hydrogens is 364 g/mol. The lowest BCUT2D eigenvalue weighted by Gasteiger charge is -2.40. The Kier molecular flexibility index (Phi) is 4.18. The molecule has 6 nitrogen and oxygen atoms in total. The van der Waals surface area contributed by atoms with Crippen LogP contribution in [-0.4, -0.2) is 34.8 Å². The first-order chi connectivity index (χ1) is 14.4. The van der Waals surface area contributed by atoms with Crippen LogP contribution in [0.1, 0.15) is 48.9 Å². The molecule has 6 rings (SSSR count). The molecule has 3 aliphatic rings. The van der Waals surface area contributed by atoms with E-state index < -0.39 is 0 Å². The predicted octanol–water partition coefficient (Wildman–Crippen LogP) is 4.42. The van der Waals surface area contributed by atoms with E-state index >= 15 is 0 Å². The fourth-order valence-electron chi connectivity index (χ4n) is 4.96. The molecule has 2 aromatic heterocycles. The monoisotopic (exact) mass is 390 g/mol. The third-order valence-corrected chi connectivity index (χ3v) is 6.74. The van der Waals surface area contributed by atoms with Gasteiger partial charge in [-0.1, -0.05) is 18.2 Å². The van der Waals surface area contributed by atoms with E-state index in [0.29, 0.717) is 17.8 Å². The zero-order valence-corrected chi connectivity index (χ0v) is 16.4. The van der Waals surface area contributed by atoms with Gasteiger partial charge in [0.2, 0.25) is 0 Å². The summed E-state index contributed by atoms with van der Waals surface area (Å²) >= 11 is 0. The fourth-order valence-corrected chi connectivity index (χ4v) is 4.96. The first-order valence-corrected chi connectivity index (χ1v) is 10.8. The lowest BCUT2D eigenvalue weighted by Crippen LogP contribution is -2.38. The smallest absolute Gasteiger partial charge is 0.143 e. The highest BCUT2D eigenvalue weighted by Crippen LogP contribution is 2.44.